The highest BCUT2D eigenvalue weighted by Gasteiger charge is 2.25. The van der Waals surface area contributed by atoms with E-state index < -0.39 is 16.5 Å². The van der Waals surface area contributed by atoms with Crippen LogP contribution in [0.4, 0.5) is 5.69 Å². The maximum Gasteiger partial charge on any atom is 0.284 e. The topological polar surface area (TPSA) is 68.2 Å². The van der Waals surface area contributed by atoms with Gasteiger partial charge in [0.1, 0.15) is 5.75 Å². The lowest BCUT2D eigenvalue weighted by Gasteiger charge is -2.33. The molecule has 8 heteroatoms. The van der Waals surface area contributed by atoms with Gasteiger partial charge >= 0.3 is 0 Å². The van der Waals surface area contributed by atoms with Gasteiger partial charge in [0.15, 0.2) is 0 Å². The van der Waals surface area contributed by atoms with E-state index in [9.17, 15) is 9.00 Å². The number of allylic oxidation sites excluding steroid dienone is 1. The molecule has 0 fully saturated rings. The standard InChI is InChI=1S/C33H47ClN2O4S/c1-7-36-22-24(3)25(4)31(39-6)16-10-12-23(2)26(5)41(38)35-33(37)28-17-18-32(30(36)21-28)40-19-9-8-13-27-14-11-15-29(34)20-27/h10-11,14-18,20-21,23-26,31,41H,7-9,12-13,19,22H2,1-6H3/b16-10+/t23-,24-,25+,26+,31-/m0/s1. The van der Waals surface area contributed by atoms with Crippen molar-refractivity contribution in [2.75, 3.05) is 31.7 Å². The first-order valence-corrected chi connectivity index (χ1v) is 16.5. The monoisotopic (exact) mass is 602 g/mol. The molecule has 0 aromatic heterocycles. The fourth-order valence-electron chi connectivity index (χ4n) is 5.11. The first-order valence-electron chi connectivity index (χ1n) is 14.8. The summed E-state index contributed by atoms with van der Waals surface area (Å²) in [6.45, 7) is 12.6. The number of carbonyl (C=O) groups excluding carboxylic acids is 1. The predicted molar refractivity (Wildman–Crippen MR) is 172 cm³/mol. The highest BCUT2D eigenvalue weighted by atomic mass is 35.5. The Bertz CT molecular complexity index is 1260. The maximum atomic E-state index is 13.1. The van der Waals surface area contributed by atoms with E-state index in [2.05, 4.69) is 55.2 Å². The van der Waals surface area contributed by atoms with Gasteiger partial charge in [-0.1, -0.05) is 56.7 Å². The number of hydrogen-bond donors (Lipinski definition) is 1. The number of nitrogens with zero attached hydrogens (tertiary/aromatic N) is 2. The zero-order chi connectivity index (χ0) is 29.9. The number of ether oxygens (including phenoxy) is 2. The molecule has 41 heavy (non-hydrogen) atoms. The lowest BCUT2D eigenvalue weighted by molar-refractivity contribution is 0.0746. The van der Waals surface area contributed by atoms with Crippen LogP contribution in [0.25, 0.3) is 0 Å². The third kappa shape index (κ3) is 9.59. The van der Waals surface area contributed by atoms with Crippen LogP contribution in [-0.2, 0) is 21.8 Å². The summed E-state index contributed by atoms with van der Waals surface area (Å²) in [5, 5.41) is 0.538. The summed E-state index contributed by atoms with van der Waals surface area (Å²) in [6, 6.07) is 13.4. The van der Waals surface area contributed by atoms with Crippen molar-refractivity contribution >= 4 is 33.8 Å². The van der Waals surface area contributed by atoms with E-state index in [-0.39, 0.29) is 23.2 Å². The second-order valence-corrected chi connectivity index (χ2v) is 13.3. The number of methoxy groups -OCH3 is 1. The zero-order valence-corrected chi connectivity index (χ0v) is 27.0. The summed E-state index contributed by atoms with van der Waals surface area (Å²) in [6.07, 6.45) is 7.78. The summed E-state index contributed by atoms with van der Waals surface area (Å²) in [5.41, 5.74) is 2.50. The number of benzene rings is 2. The van der Waals surface area contributed by atoms with E-state index in [0.717, 1.165) is 55.2 Å². The fraction of sp³-hybridized carbons (Fsp3) is 0.545. The number of amides is 1. The van der Waals surface area contributed by atoms with Crippen LogP contribution in [0.3, 0.4) is 0 Å². The Kier molecular flexibility index (Phi) is 13.2. The number of carbonyl (C=O) groups is 1. The van der Waals surface area contributed by atoms with Crippen LogP contribution in [0.1, 0.15) is 69.8 Å². The fourth-order valence-corrected chi connectivity index (χ4v) is 6.36. The number of unbranched alkanes of at least 4 members (excludes halogenated alkanes) is 1. The number of halogens is 1. The predicted octanol–water partition coefficient (Wildman–Crippen LogP) is 7.64. The SMILES string of the molecule is CCN1C[C@H](C)[C@@H](C)[C@@H](OC)/C=C/C[C@H](C)[C@@H](C)/[SH](=O)=N\C(=O)c2ccc(OCCCCc3cccc(Cl)c3)c1c2. The summed E-state index contributed by atoms with van der Waals surface area (Å²) in [4.78, 5) is 15.4. The number of aryl methyl sites for hydroxylation is 1. The van der Waals surface area contributed by atoms with Crippen molar-refractivity contribution in [3.63, 3.8) is 0 Å². The van der Waals surface area contributed by atoms with Crippen LogP contribution in [0.5, 0.6) is 5.75 Å². The molecule has 1 aliphatic rings. The van der Waals surface area contributed by atoms with Crippen molar-refractivity contribution in [1.29, 1.82) is 0 Å². The average Bonchev–Trinajstić information content (AvgIpc) is 2.96. The maximum absolute atomic E-state index is 13.1. The smallest absolute Gasteiger partial charge is 0.284 e. The minimum Gasteiger partial charge on any atom is -0.491 e. The van der Waals surface area contributed by atoms with Crippen LogP contribution < -0.4 is 9.64 Å². The number of hydrogen-bond acceptors (Lipinski definition) is 5. The number of rotatable bonds is 8. The molecule has 1 unspecified atom stereocenters. The Morgan fingerprint density at radius 1 is 1.07 bits per heavy atom. The first-order chi connectivity index (χ1) is 19.6. The van der Waals surface area contributed by atoms with Crippen molar-refractivity contribution in [2.24, 2.45) is 22.1 Å². The Morgan fingerprint density at radius 2 is 1.85 bits per heavy atom. The lowest BCUT2D eigenvalue weighted by Crippen LogP contribution is -2.35. The highest BCUT2D eigenvalue weighted by molar-refractivity contribution is 7.76. The molecule has 0 saturated heterocycles. The van der Waals surface area contributed by atoms with Crippen molar-refractivity contribution < 1.29 is 18.5 Å². The van der Waals surface area contributed by atoms with Gasteiger partial charge < -0.3 is 14.4 Å². The van der Waals surface area contributed by atoms with Gasteiger partial charge in [-0.3, -0.25) is 9.00 Å². The second-order valence-electron chi connectivity index (χ2n) is 11.3. The van der Waals surface area contributed by atoms with Gasteiger partial charge in [0.2, 0.25) is 0 Å². The molecule has 0 radical (unpaired) electrons. The average molecular weight is 603 g/mol. The lowest BCUT2D eigenvalue weighted by atomic mass is 9.89. The van der Waals surface area contributed by atoms with Gasteiger partial charge in [-0.05, 0) is 93.2 Å². The number of fused-ring (bicyclic) bond motifs is 2. The molecule has 1 amide bonds. The molecule has 3 rings (SSSR count). The molecule has 0 N–H and O–H groups in total. The van der Waals surface area contributed by atoms with Crippen LogP contribution in [0.2, 0.25) is 5.02 Å². The summed E-state index contributed by atoms with van der Waals surface area (Å²) >= 11 is 6.12. The largest absolute Gasteiger partial charge is 0.491 e. The van der Waals surface area contributed by atoms with Crippen molar-refractivity contribution in [3.8, 4) is 5.75 Å². The van der Waals surface area contributed by atoms with Crippen LogP contribution in [-0.4, -0.2) is 48.3 Å². The molecule has 2 aromatic rings. The minimum absolute atomic E-state index is 0.0271. The molecule has 0 aliphatic carbocycles. The van der Waals surface area contributed by atoms with Gasteiger partial charge in [0.05, 0.1) is 18.4 Å². The molecule has 226 valence electrons. The molecule has 0 saturated carbocycles. The quantitative estimate of drug-likeness (QED) is 0.191. The normalized spacial score (nSPS) is 27.2. The Labute approximate surface area is 253 Å². The molecule has 1 aliphatic heterocycles. The van der Waals surface area contributed by atoms with Gasteiger partial charge in [-0.25, -0.2) is 0 Å². The molecule has 6 atom stereocenters. The van der Waals surface area contributed by atoms with Crippen LogP contribution in [0.15, 0.2) is 59.0 Å². The van der Waals surface area contributed by atoms with E-state index in [0.29, 0.717) is 18.1 Å². The molecule has 2 aromatic carbocycles. The van der Waals surface area contributed by atoms with E-state index in [1.165, 1.54) is 5.56 Å². The van der Waals surface area contributed by atoms with Crippen molar-refractivity contribution in [2.45, 2.75) is 71.7 Å². The highest BCUT2D eigenvalue weighted by Crippen LogP contribution is 2.33. The summed E-state index contributed by atoms with van der Waals surface area (Å²) < 4.78 is 29.3. The van der Waals surface area contributed by atoms with Gasteiger partial charge in [0.25, 0.3) is 5.91 Å². The van der Waals surface area contributed by atoms with Crippen LogP contribution in [0, 0.1) is 17.8 Å². The molecule has 0 spiro atoms. The number of anilines is 1. The summed E-state index contributed by atoms with van der Waals surface area (Å²) in [5.74, 6) is 0.974. The van der Waals surface area contributed by atoms with E-state index in [1.54, 1.807) is 13.2 Å². The number of thiol groups is 1. The van der Waals surface area contributed by atoms with E-state index in [4.69, 9.17) is 21.1 Å². The van der Waals surface area contributed by atoms with Crippen molar-refractivity contribution in [1.82, 2.24) is 0 Å². The molecular weight excluding hydrogens is 556 g/mol. The molecule has 1 heterocycles. The molecule has 2 bridgehead atoms. The first kappa shape index (κ1) is 33.2. The van der Waals surface area contributed by atoms with Gasteiger partial charge in [0, 0.05) is 46.6 Å². The Balaban J connectivity index is 1.87. The van der Waals surface area contributed by atoms with E-state index >= 15 is 0 Å². The minimum atomic E-state index is -2.05. The third-order valence-corrected chi connectivity index (χ3v) is 10.1. The molecular formula is C33H47ClN2O4S. The van der Waals surface area contributed by atoms with Gasteiger partial charge in [-0.2, -0.15) is 4.36 Å². The Morgan fingerprint density at radius 3 is 2.56 bits per heavy atom. The summed E-state index contributed by atoms with van der Waals surface area (Å²) in [7, 11) is -0.296. The molecule has 6 nitrogen and oxygen atoms in total. The Hall–Kier alpha value is -2.35. The van der Waals surface area contributed by atoms with Gasteiger partial charge in [-0.15, -0.1) is 0 Å². The third-order valence-electron chi connectivity index (χ3n) is 8.33. The van der Waals surface area contributed by atoms with E-state index in [1.807, 2.05) is 37.3 Å². The van der Waals surface area contributed by atoms with Crippen molar-refractivity contribution in [3.05, 3.63) is 70.8 Å². The van der Waals surface area contributed by atoms with Crippen LogP contribution >= 0.6 is 11.6 Å². The zero-order valence-electron chi connectivity index (χ0n) is 25.4. The second kappa shape index (κ2) is 16.3.